The SMILES string of the molecule is COC1CN(C(C)c2cc(F)ccc2O)CCC1C. The van der Waals surface area contributed by atoms with Gasteiger partial charge in [-0.1, -0.05) is 6.92 Å². The highest BCUT2D eigenvalue weighted by molar-refractivity contribution is 5.35. The van der Waals surface area contributed by atoms with Gasteiger partial charge in [0.1, 0.15) is 11.6 Å². The first-order valence-corrected chi connectivity index (χ1v) is 6.78. The number of nitrogens with zero attached hydrogens (tertiary/aromatic N) is 1. The molecule has 1 heterocycles. The molecule has 3 unspecified atom stereocenters. The van der Waals surface area contributed by atoms with Gasteiger partial charge in [-0.15, -0.1) is 0 Å². The van der Waals surface area contributed by atoms with Crippen molar-refractivity contribution in [3.05, 3.63) is 29.6 Å². The summed E-state index contributed by atoms with van der Waals surface area (Å²) in [6, 6.07) is 4.10. The van der Waals surface area contributed by atoms with Crippen molar-refractivity contribution in [3.63, 3.8) is 0 Å². The fourth-order valence-corrected chi connectivity index (χ4v) is 2.77. The third-order valence-corrected chi connectivity index (χ3v) is 4.21. The van der Waals surface area contributed by atoms with Crippen LogP contribution in [0.3, 0.4) is 0 Å². The van der Waals surface area contributed by atoms with Crippen molar-refractivity contribution in [3.8, 4) is 5.75 Å². The molecule has 0 aromatic heterocycles. The van der Waals surface area contributed by atoms with E-state index in [0.717, 1.165) is 19.5 Å². The fraction of sp³-hybridized carbons (Fsp3) is 0.600. The molecule has 3 atom stereocenters. The highest BCUT2D eigenvalue weighted by Gasteiger charge is 2.30. The Morgan fingerprint density at radius 2 is 2.21 bits per heavy atom. The summed E-state index contributed by atoms with van der Waals surface area (Å²) in [5.74, 6) is 0.379. The number of rotatable bonds is 3. The van der Waals surface area contributed by atoms with Crippen molar-refractivity contribution in [2.75, 3.05) is 20.2 Å². The minimum absolute atomic E-state index is 0.0131. The van der Waals surface area contributed by atoms with Gasteiger partial charge in [-0.3, -0.25) is 4.90 Å². The van der Waals surface area contributed by atoms with E-state index in [4.69, 9.17) is 4.74 Å². The normalized spacial score (nSPS) is 26.3. The fourth-order valence-electron chi connectivity index (χ4n) is 2.77. The average molecular weight is 267 g/mol. The number of phenols is 1. The number of phenolic OH excluding ortho intramolecular Hbond substituents is 1. The zero-order valence-corrected chi connectivity index (χ0v) is 11.8. The molecule has 4 heteroatoms. The number of hydrogen-bond acceptors (Lipinski definition) is 3. The van der Waals surface area contributed by atoms with Crippen molar-refractivity contribution in [2.45, 2.75) is 32.4 Å². The van der Waals surface area contributed by atoms with Crippen LogP contribution in [0.5, 0.6) is 5.75 Å². The molecule has 1 aromatic carbocycles. The van der Waals surface area contributed by atoms with Gasteiger partial charge in [0, 0.05) is 25.3 Å². The molecule has 1 saturated heterocycles. The van der Waals surface area contributed by atoms with E-state index in [1.54, 1.807) is 7.11 Å². The van der Waals surface area contributed by atoms with Gasteiger partial charge in [0.15, 0.2) is 0 Å². The maximum absolute atomic E-state index is 13.3. The summed E-state index contributed by atoms with van der Waals surface area (Å²) in [6.07, 6.45) is 1.26. The van der Waals surface area contributed by atoms with Crippen LogP contribution in [0.1, 0.15) is 31.9 Å². The smallest absolute Gasteiger partial charge is 0.123 e. The Labute approximate surface area is 114 Å². The Kier molecular flexibility index (Phi) is 4.42. The highest BCUT2D eigenvalue weighted by atomic mass is 19.1. The summed E-state index contributed by atoms with van der Waals surface area (Å²) >= 11 is 0. The summed E-state index contributed by atoms with van der Waals surface area (Å²) in [5, 5.41) is 9.89. The molecule has 1 N–H and O–H groups in total. The molecule has 1 fully saturated rings. The molecule has 0 radical (unpaired) electrons. The first kappa shape index (κ1) is 14.3. The Morgan fingerprint density at radius 1 is 1.47 bits per heavy atom. The van der Waals surface area contributed by atoms with E-state index < -0.39 is 0 Å². The van der Waals surface area contributed by atoms with Crippen LogP contribution in [-0.2, 0) is 4.74 Å². The number of methoxy groups -OCH3 is 1. The zero-order chi connectivity index (χ0) is 14.0. The first-order valence-electron chi connectivity index (χ1n) is 6.78. The van der Waals surface area contributed by atoms with Gasteiger partial charge in [0.05, 0.1) is 6.10 Å². The predicted molar refractivity (Wildman–Crippen MR) is 72.6 cm³/mol. The van der Waals surface area contributed by atoms with Gasteiger partial charge < -0.3 is 9.84 Å². The van der Waals surface area contributed by atoms with Crippen molar-refractivity contribution < 1.29 is 14.2 Å². The minimum atomic E-state index is -0.312. The lowest BCUT2D eigenvalue weighted by atomic mass is 9.93. The molecule has 0 aliphatic carbocycles. The molecular formula is C15H22FNO2. The Balaban J connectivity index is 2.15. The Hall–Kier alpha value is -1.13. The number of hydrogen-bond donors (Lipinski definition) is 1. The van der Waals surface area contributed by atoms with Crippen LogP contribution in [0.25, 0.3) is 0 Å². The van der Waals surface area contributed by atoms with E-state index in [2.05, 4.69) is 11.8 Å². The Bertz CT molecular complexity index is 438. The molecular weight excluding hydrogens is 245 g/mol. The molecule has 1 aromatic rings. The third kappa shape index (κ3) is 3.07. The molecule has 19 heavy (non-hydrogen) atoms. The number of piperidine rings is 1. The van der Waals surface area contributed by atoms with Gasteiger partial charge in [-0.2, -0.15) is 0 Å². The molecule has 1 aliphatic heterocycles. The van der Waals surface area contributed by atoms with Crippen LogP contribution >= 0.6 is 0 Å². The summed E-state index contributed by atoms with van der Waals surface area (Å²) in [6.45, 7) is 5.94. The minimum Gasteiger partial charge on any atom is -0.508 e. The molecule has 3 nitrogen and oxygen atoms in total. The summed E-state index contributed by atoms with van der Waals surface area (Å²) in [4.78, 5) is 2.24. The number of likely N-dealkylation sites (tertiary alicyclic amines) is 1. The van der Waals surface area contributed by atoms with Crippen LogP contribution in [0, 0.1) is 11.7 Å². The third-order valence-electron chi connectivity index (χ3n) is 4.21. The number of halogens is 1. The zero-order valence-electron chi connectivity index (χ0n) is 11.8. The van der Waals surface area contributed by atoms with E-state index in [9.17, 15) is 9.50 Å². The maximum atomic E-state index is 13.3. The van der Waals surface area contributed by atoms with E-state index in [-0.39, 0.29) is 23.7 Å². The summed E-state index contributed by atoms with van der Waals surface area (Å²) in [7, 11) is 1.73. The largest absolute Gasteiger partial charge is 0.508 e. The van der Waals surface area contributed by atoms with Crippen molar-refractivity contribution >= 4 is 0 Å². The summed E-state index contributed by atoms with van der Waals surface area (Å²) in [5.41, 5.74) is 0.643. The molecule has 1 aliphatic rings. The summed E-state index contributed by atoms with van der Waals surface area (Å²) < 4.78 is 18.8. The van der Waals surface area contributed by atoms with Gasteiger partial charge in [-0.25, -0.2) is 4.39 Å². The predicted octanol–water partition coefficient (Wildman–Crippen LogP) is 2.95. The average Bonchev–Trinajstić information content (AvgIpc) is 2.41. The van der Waals surface area contributed by atoms with Crippen LogP contribution in [-0.4, -0.2) is 36.3 Å². The van der Waals surface area contributed by atoms with E-state index >= 15 is 0 Å². The molecule has 0 saturated carbocycles. The maximum Gasteiger partial charge on any atom is 0.123 e. The second-order valence-corrected chi connectivity index (χ2v) is 5.41. The number of ether oxygens (including phenoxy) is 1. The second-order valence-electron chi connectivity index (χ2n) is 5.41. The molecule has 2 rings (SSSR count). The second kappa shape index (κ2) is 5.88. The van der Waals surface area contributed by atoms with Crippen molar-refractivity contribution in [2.24, 2.45) is 5.92 Å². The van der Waals surface area contributed by atoms with E-state index in [1.165, 1.54) is 18.2 Å². The quantitative estimate of drug-likeness (QED) is 0.914. The van der Waals surface area contributed by atoms with Gasteiger partial charge in [-0.05, 0) is 44.0 Å². The first-order chi connectivity index (χ1) is 9.02. The van der Waals surface area contributed by atoms with E-state index in [0.29, 0.717) is 11.5 Å². The highest BCUT2D eigenvalue weighted by Crippen LogP contribution is 2.32. The Morgan fingerprint density at radius 3 is 2.89 bits per heavy atom. The van der Waals surface area contributed by atoms with Crippen molar-refractivity contribution in [1.82, 2.24) is 4.90 Å². The van der Waals surface area contributed by atoms with Crippen LogP contribution in [0.4, 0.5) is 4.39 Å². The topological polar surface area (TPSA) is 32.7 Å². The molecule has 0 bridgehead atoms. The molecule has 0 amide bonds. The van der Waals surface area contributed by atoms with Crippen LogP contribution in [0.2, 0.25) is 0 Å². The van der Waals surface area contributed by atoms with Crippen molar-refractivity contribution in [1.29, 1.82) is 0 Å². The lowest BCUT2D eigenvalue weighted by Gasteiger charge is -2.39. The van der Waals surface area contributed by atoms with Crippen LogP contribution < -0.4 is 0 Å². The van der Waals surface area contributed by atoms with Gasteiger partial charge in [0.2, 0.25) is 0 Å². The molecule has 0 spiro atoms. The lowest BCUT2D eigenvalue weighted by Crippen LogP contribution is -2.44. The lowest BCUT2D eigenvalue weighted by molar-refractivity contribution is -0.0173. The molecule has 106 valence electrons. The van der Waals surface area contributed by atoms with Gasteiger partial charge in [0.25, 0.3) is 0 Å². The van der Waals surface area contributed by atoms with E-state index in [1.807, 2.05) is 6.92 Å². The monoisotopic (exact) mass is 267 g/mol. The van der Waals surface area contributed by atoms with Gasteiger partial charge >= 0.3 is 0 Å². The number of aromatic hydroxyl groups is 1. The number of benzene rings is 1. The standard InChI is InChI=1S/C15H22FNO2/c1-10-6-7-17(9-15(10)19-3)11(2)13-8-12(16)4-5-14(13)18/h4-5,8,10-11,15,18H,6-7,9H2,1-3H3. The van der Waals surface area contributed by atoms with Crippen LogP contribution in [0.15, 0.2) is 18.2 Å².